The summed E-state index contributed by atoms with van der Waals surface area (Å²) in [5.41, 5.74) is 1.53. The van der Waals surface area contributed by atoms with E-state index in [9.17, 15) is 9.90 Å². The van der Waals surface area contributed by atoms with E-state index in [1.807, 2.05) is 43.5 Å². The molecular weight excluding hydrogens is 268 g/mol. The average Bonchev–Trinajstić information content (AvgIpc) is 3.00. The Kier molecular flexibility index (Phi) is 3.05. The zero-order valence-corrected chi connectivity index (χ0v) is 12.1. The van der Waals surface area contributed by atoms with E-state index in [1.165, 1.54) is 0 Å². The number of carboxylic acid groups (broad SMARTS) is 1. The second-order valence-electron chi connectivity index (χ2n) is 5.13. The van der Waals surface area contributed by atoms with E-state index in [1.54, 1.807) is 12.1 Å². The number of imidazole rings is 1. The first-order chi connectivity index (χ1) is 9.99. The van der Waals surface area contributed by atoms with Gasteiger partial charge in [0.2, 0.25) is 0 Å². The van der Waals surface area contributed by atoms with Crippen molar-refractivity contribution in [1.82, 2.24) is 9.55 Å². The van der Waals surface area contributed by atoms with E-state index < -0.39 is 5.97 Å². The molecule has 2 heterocycles. The number of aromatic nitrogens is 2. The van der Waals surface area contributed by atoms with Crippen molar-refractivity contribution in [3.8, 4) is 0 Å². The van der Waals surface area contributed by atoms with Crippen LogP contribution in [0.1, 0.15) is 40.7 Å². The second-order valence-corrected chi connectivity index (χ2v) is 5.13. The normalized spacial score (nSPS) is 12.7. The number of nitrogens with zero attached hydrogens (tertiary/aromatic N) is 2. The topological polar surface area (TPSA) is 68.3 Å². The van der Waals surface area contributed by atoms with Crippen LogP contribution in [0.2, 0.25) is 0 Å². The summed E-state index contributed by atoms with van der Waals surface area (Å²) >= 11 is 0. The summed E-state index contributed by atoms with van der Waals surface area (Å²) in [7, 11) is 0. The first kappa shape index (κ1) is 13.4. The van der Waals surface area contributed by atoms with Gasteiger partial charge >= 0.3 is 5.97 Å². The fourth-order valence-electron chi connectivity index (χ4n) is 2.70. The highest BCUT2D eigenvalue weighted by Crippen LogP contribution is 2.28. The van der Waals surface area contributed by atoms with Crippen molar-refractivity contribution < 1.29 is 14.3 Å². The Balaban J connectivity index is 2.21. The Bertz CT molecular complexity index is 829. The van der Waals surface area contributed by atoms with Crippen LogP contribution in [0.25, 0.3) is 11.0 Å². The maximum absolute atomic E-state index is 11.3. The monoisotopic (exact) mass is 284 g/mol. The zero-order valence-electron chi connectivity index (χ0n) is 12.1. The molecule has 0 aliphatic carbocycles. The molecule has 1 N–H and O–H groups in total. The van der Waals surface area contributed by atoms with Crippen LogP contribution < -0.4 is 0 Å². The molecule has 0 aliphatic heterocycles. The molecule has 0 aliphatic rings. The Morgan fingerprint density at radius 1 is 1.29 bits per heavy atom. The van der Waals surface area contributed by atoms with Crippen LogP contribution in [0.5, 0.6) is 0 Å². The van der Waals surface area contributed by atoms with Gasteiger partial charge in [-0.2, -0.15) is 0 Å². The third-order valence-corrected chi connectivity index (χ3v) is 3.69. The fourth-order valence-corrected chi connectivity index (χ4v) is 2.70. The molecule has 0 saturated carbocycles. The Hall–Kier alpha value is -2.56. The molecule has 5 nitrogen and oxygen atoms in total. The minimum atomic E-state index is -0.966. The smallest absolute Gasteiger partial charge is 0.337 e. The van der Waals surface area contributed by atoms with Crippen molar-refractivity contribution in [3.05, 3.63) is 53.2 Å². The highest BCUT2D eigenvalue weighted by Gasteiger charge is 2.20. The SMILES string of the molecule is Cc1ccc(C(C)n2c(C)nc3c(C(=O)O)cccc32)o1. The number of fused-ring (bicyclic) bond motifs is 1. The molecule has 0 radical (unpaired) electrons. The van der Waals surface area contributed by atoms with Gasteiger partial charge in [0, 0.05) is 0 Å². The summed E-state index contributed by atoms with van der Waals surface area (Å²) in [5.74, 6) is 1.48. The third kappa shape index (κ3) is 2.11. The summed E-state index contributed by atoms with van der Waals surface area (Å²) in [6, 6.07) is 9.00. The molecule has 0 saturated heterocycles. The molecule has 2 aromatic heterocycles. The van der Waals surface area contributed by atoms with Gasteiger partial charge in [-0.05, 0) is 45.0 Å². The van der Waals surface area contributed by atoms with Crippen LogP contribution in [-0.2, 0) is 0 Å². The molecule has 108 valence electrons. The number of para-hydroxylation sites is 1. The van der Waals surface area contributed by atoms with Crippen LogP contribution in [0.15, 0.2) is 34.7 Å². The molecule has 3 aromatic rings. The van der Waals surface area contributed by atoms with E-state index in [2.05, 4.69) is 4.98 Å². The highest BCUT2D eigenvalue weighted by atomic mass is 16.4. The lowest BCUT2D eigenvalue weighted by atomic mass is 10.1. The van der Waals surface area contributed by atoms with Crippen LogP contribution in [0, 0.1) is 13.8 Å². The van der Waals surface area contributed by atoms with Gasteiger partial charge in [0.05, 0.1) is 17.1 Å². The third-order valence-electron chi connectivity index (χ3n) is 3.69. The summed E-state index contributed by atoms with van der Waals surface area (Å²) in [6.45, 7) is 5.79. The Morgan fingerprint density at radius 3 is 2.67 bits per heavy atom. The molecule has 0 bridgehead atoms. The molecule has 1 aromatic carbocycles. The van der Waals surface area contributed by atoms with Gasteiger partial charge < -0.3 is 14.1 Å². The molecule has 0 amide bonds. The molecule has 3 rings (SSSR count). The van der Waals surface area contributed by atoms with Gasteiger partial charge in [0.15, 0.2) is 0 Å². The molecular formula is C16H16N2O3. The summed E-state index contributed by atoms with van der Waals surface area (Å²) in [6.07, 6.45) is 0. The number of carboxylic acids is 1. The predicted octanol–water partition coefficient (Wildman–Crippen LogP) is 3.55. The fraction of sp³-hybridized carbons (Fsp3) is 0.250. The van der Waals surface area contributed by atoms with Crippen LogP contribution in [-0.4, -0.2) is 20.6 Å². The largest absolute Gasteiger partial charge is 0.478 e. The van der Waals surface area contributed by atoms with E-state index in [0.29, 0.717) is 5.52 Å². The number of hydrogen-bond acceptors (Lipinski definition) is 3. The molecule has 1 unspecified atom stereocenters. The number of benzene rings is 1. The average molecular weight is 284 g/mol. The number of rotatable bonds is 3. The predicted molar refractivity (Wildman–Crippen MR) is 78.7 cm³/mol. The first-order valence-electron chi connectivity index (χ1n) is 6.76. The molecule has 5 heteroatoms. The van der Waals surface area contributed by atoms with E-state index >= 15 is 0 Å². The second kappa shape index (κ2) is 4.77. The highest BCUT2D eigenvalue weighted by molar-refractivity contribution is 6.01. The molecule has 0 fully saturated rings. The van der Waals surface area contributed by atoms with Crippen molar-refractivity contribution in [2.45, 2.75) is 26.8 Å². The van der Waals surface area contributed by atoms with Crippen LogP contribution in [0.4, 0.5) is 0 Å². The first-order valence-corrected chi connectivity index (χ1v) is 6.76. The quantitative estimate of drug-likeness (QED) is 0.798. The summed E-state index contributed by atoms with van der Waals surface area (Å²) in [5, 5.41) is 9.27. The van der Waals surface area contributed by atoms with Crippen molar-refractivity contribution in [2.24, 2.45) is 0 Å². The number of aryl methyl sites for hydroxylation is 2. The molecule has 0 spiro atoms. The van der Waals surface area contributed by atoms with Gasteiger partial charge in [-0.25, -0.2) is 9.78 Å². The number of carbonyl (C=O) groups is 1. The Labute approximate surface area is 121 Å². The van der Waals surface area contributed by atoms with Gasteiger partial charge in [0.1, 0.15) is 22.9 Å². The minimum Gasteiger partial charge on any atom is -0.478 e. The zero-order chi connectivity index (χ0) is 15.1. The Morgan fingerprint density at radius 2 is 2.05 bits per heavy atom. The van der Waals surface area contributed by atoms with E-state index in [-0.39, 0.29) is 11.6 Å². The standard InChI is InChI=1S/C16H16N2O3/c1-9-7-8-14(21-9)10(2)18-11(3)17-15-12(16(19)20)5-4-6-13(15)18/h4-8,10H,1-3H3,(H,19,20). The summed E-state index contributed by atoms with van der Waals surface area (Å²) < 4.78 is 7.69. The minimum absolute atomic E-state index is 0.0484. The van der Waals surface area contributed by atoms with Crippen molar-refractivity contribution in [1.29, 1.82) is 0 Å². The van der Waals surface area contributed by atoms with Crippen LogP contribution >= 0.6 is 0 Å². The molecule has 21 heavy (non-hydrogen) atoms. The van der Waals surface area contributed by atoms with Crippen molar-refractivity contribution in [2.75, 3.05) is 0 Å². The van der Waals surface area contributed by atoms with Gasteiger partial charge in [-0.1, -0.05) is 6.07 Å². The van der Waals surface area contributed by atoms with E-state index in [0.717, 1.165) is 22.9 Å². The summed E-state index contributed by atoms with van der Waals surface area (Å²) in [4.78, 5) is 15.7. The van der Waals surface area contributed by atoms with Crippen molar-refractivity contribution >= 4 is 17.0 Å². The lowest BCUT2D eigenvalue weighted by Gasteiger charge is -2.14. The van der Waals surface area contributed by atoms with Gasteiger partial charge in [0.25, 0.3) is 0 Å². The maximum Gasteiger partial charge on any atom is 0.337 e. The maximum atomic E-state index is 11.3. The van der Waals surface area contributed by atoms with Gasteiger partial charge in [-0.3, -0.25) is 0 Å². The number of aromatic carboxylic acids is 1. The van der Waals surface area contributed by atoms with Crippen LogP contribution in [0.3, 0.4) is 0 Å². The lowest BCUT2D eigenvalue weighted by molar-refractivity contribution is 0.0699. The lowest BCUT2D eigenvalue weighted by Crippen LogP contribution is -2.07. The van der Waals surface area contributed by atoms with E-state index in [4.69, 9.17) is 4.42 Å². The van der Waals surface area contributed by atoms with Crippen molar-refractivity contribution in [3.63, 3.8) is 0 Å². The van der Waals surface area contributed by atoms with Gasteiger partial charge in [-0.15, -0.1) is 0 Å². The molecule has 1 atom stereocenters. The number of hydrogen-bond donors (Lipinski definition) is 1. The number of furan rings is 1.